The van der Waals surface area contributed by atoms with Crippen LogP contribution in [0.2, 0.25) is 0 Å². The van der Waals surface area contributed by atoms with Crippen molar-refractivity contribution in [3.05, 3.63) is 54.1 Å². The van der Waals surface area contributed by atoms with Crippen LogP contribution in [-0.2, 0) is 10.1 Å². The summed E-state index contributed by atoms with van der Waals surface area (Å²) in [6.45, 7) is 0. The number of benzene rings is 2. The minimum Gasteiger partial charge on any atom is -0.398 e. The van der Waals surface area contributed by atoms with Gasteiger partial charge >= 0.3 is 0 Å². The third-order valence-electron chi connectivity index (χ3n) is 2.49. The summed E-state index contributed by atoms with van der Waals surface area (Å²) >= 11 is 0. The lowest BCUT2D eigenvalue weighted by Crippen LogP contribution is -2.03. The maximum atomic E-state index is 11.0. The normalized spacial score (nSPS) is 11.7. The van der Waals surface area contributed by atoms with Crippen LogP contribution in [0.5, 0.6) is 0 Å². The van der Waals surface area contributed by atoms with Crippen molar-refractivity contribution in [2.24, 2.45) is 5.10 Å². The molecule has 104 valence electrons. The summed E-state index contributed by atoms with van der Waals surface area (Å²) in [5, 5.41) is 4.00. The number of nitrogens with zero attached hydrogens (tertiary/aromatic N) is 1. The van der Waals surface area contributed by atoms with Crippen LogP contribution in [0, 0.1) is 0 Å². The molecule has 0 atom stereocenters. The van der Waals surface area contributed by atoms with E-state index < -0.39 is 10.1 Å². The summed E-state index contributed by atoms with van der Waals surface area (Å²) in [5.41, 5.74) is 9.79. The van der Waals surface area contributed by atoms with E-state index in [1.54, 1.807) is 0 Å². The molecule has 0 bridgehead atoms. The highest BCUT2D eigenvalue weighted by molar-refractivity contribution is 7.86. The Labute approximate surface area is 116 Å². The van der Waals surface area contributed by atoms with Crippen molar-refractivity contribution in [2.75, 3.05) is 11.2 Å². The SMILES string of the molecule is Nc1cc(C=NNc2ccccc2)ccc1S(=O)(=O)O. The molecule has 7 heteroatoms. The Balaban J connectivity index is 2.13. The number of para-hydroxylation sites is 1. The molecule has 2 aromatic rings. The Hall–Kier alpha value is -2.38. The summed E-state index contributed by atoms with van der Waals surface area (Å²) in [7, 11) is -4.30. The lowest BCUT2D eigenvalue weighted by molar-refractivity contribution is 0.483. The zero-order valence-electron chi connectivity index (χ0n) is 10.4. The first-order chi connectivity index (χ1) is 9.47. The second-order valence-corrected chi connectivity index (χ2v) is 5.40. The molecule has 0 radical (unpaired) electrons. The molecule has 0 unspecified atom stereocenters. The number of hydrogen-bond acceptors (Lipinski definition) is 5. The van der Waals surface area contributed by atoms with Gasteiger partial charge in [-0.3, -0.25) is 9.98 Å². The zero-order valence-corrected chi connectivity index (χ0v) is 11.2. The zero-order chi connectivity index (χ0) is 14.6. The van der Waals surface area contributed by atoms with Crippen LogP contribution in [0.3, 0.4) is 0 Å². The van der Waals surface area contributed by atoms with E-state index in [1.165, 1.54) is 24.4 Å². The van der Waals surface area contributed by atoms with Crippen molar-refractivity contribution >= 4 is 27.7 Å². The second-order valence-electron chi connectivity index (χ2n) is 4.01. The predicted octanol–water partition coefficient (Wildman–Crippen LogP) is 1.96. The average molecular weight is 291 g/mol. The Kier molecular flexibility index (Phi) is 4.02. The quantitative estimate of drug-likeness (QED) is 0.346. The van der Waals surface area contributed by atoms with Crippen molar-refractivity contribution in [3.63, 3.8) is 0 Å². The molecule has 2 aromatic carbocycles. The van der Waals surface area contributed by atoms with Gasteiger partial charge in [-0.1, -0.05) is 24.3 Å². The van der Waals surface area contributed by atoms with Crippen molar-refractivity contribution in [2.45, 2.75) is 4.90 Å². The molecule has 0 aliphatic carbocycles. The van der Waals surface area contributed by atoms with Gasteiger partial charge in [0, 0.05) is 0 Å². The van der Waals surface area contributed by atoms with Crippen LogP contribution in [0.4, 0.5) is 11.4 Å². The largest absolute Gasteiger partial charge is 0.398 e. The van der Waals surface area contributed by atoms with Gasteiger partial charge in [-0.05, 0) is 29.8 Å². The Morgan fingerprint density at radius 3 is 2.45 bits per heavy atom. The van der Waals surface area contributed by atoms with Gasteiger partial charge in [0.1, 0.15) is 4.90 Å². The molecule has 6 nitrogen and oxygen atoms in total. The molecular weight excluding hydrogens is 278 g/mol. The van der Waals surface area contributed by atoms with Gasteiger partial charge in [0.15, 0.2) is 0 Å². The molecule has 0 amide bonds. The first-order valence-electron chi connectivity index (χ1n) is 5.68. The molecular formula is C13H13N3O3S. The van der Waals surface area contributed by atoms with Crippen molar-refractivity contribution in [3.8, 4) is 0 Å². The van der Waals surface area contributed by atoms with Crippen LogP contribution in [-0.4, -0.2) is 19.2 Å². The highest BCUT2D eigenvalue weighted by Crippen LogP contribution is 2.18. The van der Waals surface area contributed by atoms with Crippen molar-refractivity contribution in [1.82, 2.24) is 0 Å². The number of hydrogen-bond donors (Lipinski definition) is 3. The van der Waals surface area contributed by atoms with E-state index in [2.05, 4.69) is 10.5 Å². The van der Waals surface area contributed by atoms with E-state index >= 15 is 0 Å². The van der Waals surface area contributed by atoms with Gasteiger partial charge in [-0.25, -0.2) is 0 Å². The molecule has 0 aromatic heterocycles. The molecule has 0 saturated heterocycles. The summed E-state index contributed by atoms with van der Waals surface area (Å²) < 4.78 is 30.9. The van der Waals surface area contributed by atoms with Gasteiger partial charge in [0.2, 0.25) is 0 Å². The van der Waals surface area contributed by atoms with Crippen LogP contribution in [0.15, 0.2) is 58.5 Å². The fourth-order valence-electron chi connectivity index (χ4n) is 1.58. The number of nitrogen functional groups attached to an aromatic ring is 1. The van der Waals surface area contributed by atoms with Gasteiger partial charge in [0.25, 0.3) is 10.1 Å². The topological polar surface area (TPSA) is 105 Å². The summed E-state index contributed by atoms with van der Waals surface area (Å²) in [6, 6.07) is 13.5. The van der Waals surface area contributed by atoms with E-state index in [4.69, 9.17) is 10.3 Å². The third kappa shape index (κ3) is 3.56. The first kappa shape index (κ1) is 14.0. The smallest absolute Gasteiger partial charge is 0.296 e. The minimum absolute atomic E-state index is 0.0313. The van der Waals surface area contributed by atoms with E-state index in [0.29, 0.717) is 5.56 Å². The lowest BCUT2D eigenvalue weighted by atomic mass is 10.2. The number of hydrazone groups is 1. The molecule has 20 heavy (non-hydrogen) atoms. The van der Waals surface area contributed by atoms with Gasteiger partial charge in [0.05, 0.1) is 17.6 Å². The van der Waals surface area contributed by atoms with E-state index in [9.17, 15) is 8.42 Å². The van der Waals surface area contributed by atoms with Gasteiger partial charge < -0.3 is 5.73 Å². The van der Waals surface area contributed by atoms with E-state index in [0.717, 1.165) is 5.69 Å². The Morgan fingerprint density at radius 2 is 1.85 bits per heavy atom. The average Bonchev–Trinajstić information content (AvgIpc) is 2.38. The van der Waals surface area contributed by atoms with Crippen LogP contribution in [0.25, 0.3) is 0 Å². The summed E-state index contributed by atoms with van der Waals surface area (Å²) in [4.78, 5) is -0.314. The van der Waals surface area contributed by atoms with Gasteiger partial charge in [-0.2, -0.15) is 13.5 Å². The van der Waals surface area contributed by atoms with Crippen molar-refractivity contribution < 1.29 is 13.0 Å². The first-order valence-corrected chi connectivity index (χ1v) is 7.12. The molecule has 4 N–H and O–H groups in total. The van der Waals surface area contributed by atoms with Crippen molar-refractivity contribution in [1.29, 1.82) is 0 Å². The highest BCUT2D eigenvalue weighted by atomic mass is 32.2. The maximum Gasteiger partial charge on any atom is 0.296 e. The molecule has 0 aliphatic heterocycles. The fraction of sp³-hybridized carbons (Fsp3) is 0. The number of rotatable bonds is 4. The van der Waals surface area contributed by atoms with E-state index in [1.807, 2.05) is 30.3 Å². The minimum atomic E-state index is -4.30. The maximum absolute atomic E-state index is 11.0. The Bertz CT molecular complexity index is 728. The van der Waals surface area contributed by atoms with Crippen LogP contribution < -0.4 is 11.2 Å². The highest BCUT2D eigenvalue weighted by Gasteiger charge is 2.13. The number of nitrogens with two attached hydrogens (primary N) is 1. The lowest BCUT2D eigenvalue weighted by Gasteiger charge is -2.03. The van der Waals surface area contributed by atoms with Crippen LogP contribution >= 0.6 is 0 Å². The standard InChI is InChI=1S/C13H13N3O3S/c14-12-8-10(6-7-13(12)20(17,18)19)9-15-16-11-4-2-1-3-5-11/h1-9,16H,14H2,(H,17,18,19). The molecule has 2 rings (SSSR count). The molecule has 0 aliphatic rings. The Morgan fingerprint density at radius 1 is 1.15 bits per heavy atom. The number of anilines is 2. The fourth-order valence-corrected chi connectivity index (χ4v) is 2.17. The predicted molar refractivity (Wildman–Crippen MR) is 78.3 cm³/mol. The summed E-state index contributed by atoms with van der Waals surface area (Å²) in [6.07, 6.45) is 1.50. The molecule has 0 saturated carbocycles. The molecule has 0 heterocycles. The molecule has 0 spiro atoms. The van der Waals surface area contributed by atoms with Crippen LogP contribution in [0.1, 0.15) is 5.56 Å². The van der Waals surface area contributed by atoms with Gasteiger partial charge in [-0.15, -0.1) is 0 Å². The third-order valence-corrected chi connectivity index (χ3v) is 3.42. The second kappa shape index (κ2) is 5.72. The number of nitrogens with one attached hydrogen (secondary N) is 1. The van der Waals surface area contributed by atoms with E-state index in [-0.39, 0.29) is 10.6 Å². The summed E-state index contributed by atoms with van der Waals surface area (Å²) in [5.74, 6) is 0. The monoisotopic (exact) mass is 291 g/mol. The molecule has 0 fully saturated rings.